The maximum Gasteiger partial charge on any atom is 0.258 e. The van der Waals surface area contributed by atoms with Crippen LogP contribution in [0.4, 0.5) is 5.69 Å². The van der Waals surface area contributed by atoms with E-state index in [9.17, 15) is 4.79 Å². The zero-order chi connectivity index (χ0) is 14.4. The number of anilines is 1. The predicted molar refractivity (Wildman–Crippen MR) is 86.9 cm³/mol. The number of para-hydroxylation sites is 1. The molecule has 2 rings (SSSR count). The van der Waals surface area contributed by atoms with Crippen LogP contribution in [0.1, 0.15) is 29.8 Å². The van der Waals surface area contributed by atoms with Gasteiger partial charge in [-0.2, -0.15) is 5.10 Å². The molecule has 114 valence electrons. The number of nitrogens with zero attached hydrogens (tertiary/aromatic N) is 2. The molecule has 21 heavy (non-hydrogen) atoms. The van der Waals surface area contributed by atoms with Crippen molar-refractivity contribution in [1.29, 1.82) is 0 Å². The van der Waals surface area contributed by atoms with Gasteiger partial charge >= 0.3 is 0 Å². The molecule has 0 fully saturated rings. The minimum atomic E-state index is -0.131. The minimum absolute atomic E-state index is 0. The predicted octanol–water partition coefficient (Wildman–Crippen LogP) is 2.69. The molecule has 6 heteroatoms. The largest absolute Gasteiger partial charge is 0.322 e. The van der Waals surface area contributed by atoms with E-state index in [4.69, 9.17) is 0 Å². The molecule has 0 unspecified atom stereocenters. The standard InChI is InChI=1S/C15H20N4O.ClH/c1-3-16-9-12-7-5-6-8-14(12)18-15(20)13-10-17-19(4-2)11-13;/h5-8,10-11,16H,3-4,9H2,1-2H3,(H,18,20);1H. The fourth-order valence-electron chi connectivity index (χ4n) is 1.90. The van der Waals surface area contributed by atoms with Crippen molar-refractivity contribution in [3.05, 3.63) is 47.8 Å². The van der Waals surface area contributed by atoms with Gasteiger partial charge in [0.15, 0.2) is 0 Å². The number of hydrogen-bond acceptors (Lipinski definition) is 3. The molecule has 0 aliphatic carbocycles. The van der Waals surface area contributed by atoms with Crippen LogP contribution in [-0.2, 0) is 13.1 Å². The molecule has 0 saturated carbocycles. The maximum atomic E-state index is 12.2. The lowest BCUT2D eigenvalue weighted by molar-refractivity contribution is 0.102. The summed E-state index contributed by atoms with van der Waals surface area (Å²) in [5, 5.41) is 10.3. The number of rotatable bonds is 6. The average molecular weight is 309 g/mol. The van der Waals surface area contributed by atoms with Crippen LogP contribution >= 0.6 is 12.4 Å². The molecule has 0 radical (unpaired) electrons. The second-order valence-electron chi connectivity index (χ2n) is 4.48. The zero-order valence-corrected chi connectivity index (χ0v) is 13.1. The van der Waals surface area contributed by atoms with E-state index in [1.807, 2.05) is 31.2 Å². The van der Waals surface area contributed by atoms with Crippen LogP contribution in [-0.4, -0.2) is 22.2 Å². The highest BCUT2D eigenvalue weighted by atomic mass is 35.5. The molecular formula is C15H21ClN4O. The summed E-state index contributed by atoms with van der Waals surface area (Å²) in [4.78, 5) is 12.2. The third kappa shape index (κ3) is 4.58. The third-order valence-electron chi connectivity index (χ3n) is 3.05. The molecule has 0 bridgehead atoms. The normalized spacial score (nSPS) is 10.0. The average Bonchev–Trinajstić information content (AvgIpc) is 2.95. The number of carbonyl (C=O) groups excluding carboxylic acids is 1. The van der Waals surface area contributed by atoms with Gasteiger partial charge in [0.2, 0.25) is 0 Å². The molecule has 0 aliphatic rings. The van der Waals surface area contributed by atoms with Gasteiger partial charge in [-0.1, -0.05) is 25.1 Å². The van der Waals surface area contributed by atoms with E-state index < -0.39 is 0 Å². The molecule has 0 atom stereocenters. The molecule has 1 aromatic heterocycles. The Balaban J connectivity index is 0.00000220. The Hall–Kier alpha value is -1.85. The van der Waals surface area contributed by atoms with E-state index in [1.165, 1.54) is 0 Å². The van der Waals surface area contributed by atoms with Crippen molar-refractivity contribution in [3.8, 4) is 0 Å². The van der Waals surface area contributed by atoms with Crippen molar-refractivity contribution in [2.75, 3.05) is 11.9 Å². The summed E-state index contributed by atoms with van der Waals surface area (Å²) in [6, 6.07) is 7.81. The fourth-order valence-corrected chi connectivity index (χ4v) is 1.90. The van der Waals surface area contributed by atoms with Crippen molar-refractivity contribution in [2.45, 2.75) is 26.9 Å². The van der Waals surface area contributed by atoms with Crippen LogP contribution in [0.25, 0.3) is 0 Å². The summed E-state index contributed by atoms with van der Waals surface area (Å²) >= 11 is 0. The van der Waals surface area contributed by atoms with Gasteiger partial charge in [0, 0.05) is 25.0 Å². The monoisotopic (exact) mass is 308 g/mol. The molecule has 1 aromatic carbocycles. The van der Waals surface area contributed by atoms with Crippen molar-refractivity contribution in [3.63, 3.8) is 0 Å². The molecule has 0 aliphatic heterocycles. The Kier molecular flexibility index (Phi) is 6.91. The molecule has 2 aromatic rings. The highest BCUT2D eigenvalue weighted by molar-refractivity contribution is 6.04. The minimum Gasteiger partial charge on any atom is -0.322 e. The molecule has 5 nitrogen and oxygen atoms in total. The summed E-state index contributed by atoms with van der Waals surface area (Å²) < 4.78 is 1.74. The highest BCUT2D eigenvalue weighted by Gasteiger charge is 2.10. The first-order valence-electron chi connectivity index (χ1n) is 6.87. The second kappa shape index (κ2) is 8.44. The van der Waals surface area contributed by atoms with Gasteiger partial charge in [-0.15, -0.1) is 12.4 Å². The zero-order valence-electron chi connectivity index (χ0n) is 12.3. The summed E-state index contributed by atoms with van der Waals surface area (Å²) in [6.07, 6.45) is 3.34. The number of benzene rings is 1. The lowest BCUT2D eigenvalue weighted by atomic mass is 10.1. The SMILES string of the molecule is CCNCc1ccccc1NC(=O)c1cnn(CC)c1.Cl. The molecule has 2 N–H and O–H groups in total. The van der Waals surface area contributed by atoms with E-state index in [2.05, 4.69) is 22.7 Å². The van der Waals surface area contributed by atoms with Gasteiger partial charge in [0.1, 0.15) is 0 Å². The highest BCUT2D eigenvalue weighted by Crippen LogP contribution is 2.16. The Labute approximate surface area is 131 Å². The van der Waals surface area contributed by atoms with Crippen LogP contribution in [0.2, 0.25) is 0 Å². The Morgan fingerprint density at radius 2 is 2.05 bits per heavy atom. The summed E-state index contributed by atoms with van der Waals surface area (Å²) in [7, 11) is 0. The first-order valence-corrected chi connectivity index (χ1v) is 6.87. The number of amides is 1. The number of carbonyl (C=O) groups is 1. The van der Waals surface area contributed by atoms with E-state index in [-0.39, 0.29) is 18.3 Å². The van der Waals surface area contributed by atoms with Crippen molar-refractivity contribution < 1.29 is 4.79 Å². The summed E-state index contributed by atoms with van der Waals surface area (Å²) in [6.45, 7) is 6.43. The smallest absolute Gasteiger partial charge is 0.258 e. The first-order chi connectivity index (χ1) is 9.74. The lowest BCUT2D eigenvalue weighted by Crippen LogP contribution is -2.16. The molecule has 1 heterocycles. The van der Waals surface area contributed by atoms with Gasteiger partial charge < -0.3 is 10.6 Å². The van der Waals surface area contributed by atoms with Crippen LogP contribution in [0.15, 0.2) is 36.7 Å². The topological polar surface area (TPSA) is 58.9 Å². The summed E-state index contributed by atoms with van der Waals surface area (Å²) in [5.74, 6) is -0.131. The Morgan fingerprint density at radius 3 is 2.71 bits per heavy atom. The van der Waals surface area contributed by atoms with Crippen LogP contribution in [0.3, 0.4) is 0 Å². The molecule has 0 spiro atoms. The Bertz CT molecular complexity index is 583. The van der Waals surface area contributed by atoms with Crippen molar-refractivity contribution >= 4 is 24.0 Å². The fraction of sp³-hybridized carbons (Fsp3) is 0.333. The number of nitrogens with one attached hydrogen (secondary N) is 2. The summed E-state index contributed by atoms with van der Waals surface area (Å²) in [5.41, 5.74) is 2.48. The van der Waals surface area contributed by atoms with Crippen LogP contribution in [0.5, 0.6) is 0 Å². The van der Waals surface area contributed by atoms with Gasteiger partial charge in [0.05, 0.1) is 11.8 Å². The van der Waals surface area contributed by atoms with Crippen molar-refractivity contribution in [2.24, 2.45) is 0 Å². The van der Waals surface area contributed by atoms with E-state index in [1.54, 1.807) is 17.1 Å². The van der Waals surface area contributed by atoms with Gasteiger partial charge in [0.25, 0.3) is 5.91 Å². The number of aryl methyl sites for hydroxylation is 1. The van der Waals surface area contributed by atoms with E-state index in [0.717, 1.165) is 30.9 Å². The van der Waals surface area contributed by atoms with E-state index in [0.29, 0.717) is 5.56 Å². The maximum absolute atomic E-state index is 12.2. The number of halogens is 1. The number of hydrogen-bond donors (Lipinski definition) is 2. The molecule has 1 amide bonds. The Morgan fingerprint density at radius 1 is 1.29 bits per heavy atom. The van der Waals surface area contributed by atoms with Crippen LogP contribution in [0, 0.1) is 0 Å². The first kappa shape index (κ1) is 17.2. The second-order valence-corrected chi connectivity index (χ2v) is 4.48. The van der Waals surface area contributed by atoms with Gasteiger partial charge in [-0.3, -0.25) is 9.48 Å². The van der Waals surface area contributed by atoms with Gasteiger partial charge in [-0.05, 0) is 25.1 Å². The van der Waals surface area contributed by atoms with Crippen LogP contribution < -0.4 is 10.6 Å². The molecular weight excluding hydrogens is 288 g/mol. The van der Waals surface area contributed by atoms with E-state index >= 15 is 0 Å². The quantitative estimate of drug-likeness (QED) is 0.862. The van der Waals surface area contributed by atoms with Gasteiger partial charge in [-0.25, -0.2) is 0 Å². The third-order valence-corrected chi connectivity index (χ3v) is 3.05. The number of aromatic nitrogens is 2. The van der Waals surface area contributed by atoms with Crippen molar-refractivity contribution in [1.82, 2.24) is 15.1 Å². The lowest BCUT2D eigenvalue weighted by Gasteiger charge is -2.10. The molecule has 0 saturated heterocycles.